The molecule has 3 rings (SSSR count). The molecule has 128 valence electrons. The number of fused-ring (bicyclic) bond motifs is 1. The first kappa shape index (κ1) is 17.1. The molecule has 1 amide bonds. The van der Waals surface area contributed by atoms with Gasteiger partial charge in [-0.3, -0.25) is 10.0 Å². The average molecular weight is 366 g/mol. The largest absolute Gasteiger partial charge is 0.285 e. The molecular formula is C16H18N2O4S2. The molecule has 0 saturated carbocycles. The highest BCUT2D eigenvalue weighted by atomic mass is 32.2. The standard InChI is InChI=1S/C16H18N2O4S2/c19-12-18(20)16(15-6-8-23-10-15)11-24(21,22)17-7-5-13-3-1-2-4-14(13)9-17/h1-4,6,8,10,12,16,20H,5,7,9,11H2. The molecule has 1 aromatic carbocycles. The van der Waals surface area contributed by atoms with Crippen LogP contribution in [0.5, 0.6) is 0 Å². The number of hydroxylamine groups is 2. The van der Waals surface area contributed by atoms with Gasteiger partial charge in [0.2, 0.25) is 16.4 Å². The summed E-state index contributed by atoms with van der Waals surface area (Å²) in [5.74, 6) is -0.346. The Morgan fingerprint density at radius 2 is 2.04 bits per heavy atom. The maximum Gasteiger partial charge on any atom is 0.233 e. The van der Waals surface area contributed by atoms with E-state index in [0.29, 0.717) is 30.1 Å². The zero-order chi connectivity index (χ0) is 17.2. The van der Waals surface area contributed by atoms with Crippen LogP contribution >= 0.6 is 11.3 Å². The van der Waals surface area contributed by atoms with Gasteiger partial charge in [-0.2, -0.15) is 15.6 Å². The van der Waals surface area contributed by atoms with Crippen LogP contribution in [0, 0.1) is 0 Å². The fraction of sp³-hybridized carbons (Fsp3) is 0.312. The van der Waals surface area contributed by atoms with E-state index >= 15 is 0 Å². The Balaban J connectivity index is 1.81. The van der Waals surface area contributed by atoms with E-state index in [2.05, 4.69) is 0 Å². The van der Waals surface area contributed by atoms with Crippen LogP contribution in [0.15, 0.2) is 41.1 Å². The fourth-order valence-corrected chi connectivity index (χ4v) is 5.24. The second-order valence-electron chi connectivity index (χ2n) is 5.69. The SMILES string of the molecule is O=CN(O)C(CS(=O)(=O)N1CCc2ccccc2C1)c1ccsc1. The zero-order valence-corrected chi connectivity index (χ0v) is 14.5. The van der Waals surface area contributed by atoms with Crippen LogP contribution in [0.1, 0.15) is 22.7 Å². The first-order chi connectivity index (χ1) is 11.5. The number of hydrogen-bond acceptors (Lipinski definition) is 5. The molecule has 1 unspecified atom stereocenters. The van der Waals surface area contributed by atoms with Gasteiger partial charge in [0, 0.05) is 13.1 Å². The molecular weight excluding hydrogens is 348 g/mol. The second-order valence-corrected chi connectivity index (χ2v) is 8.48. The van der Waals surface area contributed by atoms with Gasteiger partial charge in [-0.25, -0.2) is 13.5 Å². The van der Waals surface area contributed by atoms with E-state index in [9.17, 15) is 18.4 Å². The van der Waals surface area contributed by atoms with E-state index in [1.54, 1.807) is 16.8 Å². The predicted molar refractivity (Wildman–Crippen MR) is 91.1 cm³/mol. The van der Waals surface area contributed by atoms with Crippen molar-refractivity contribution in [2.45, 2.75) is 19.0 Å². The van der Waals surface area contributed by atoms with Crippen LogP contribution in [0.25, 0.3) is 0 Å². The summed E-state index contributed by atoms with van der Waals surface area (Å²) in [6, 6.07) is 8.58. The highest BCUT2D eigenvalue weighted by molar-refractivity contribution is 7.89. The first-order valence-corrected chi connectivity index (χ1v) is 10.1. The molecule has 8 heteroatoms. The first-order valence-electron chi connectivity index (χ1n) is 7.50. The van der Waals surface area contributed by atoms with Crippen LogP contribution in [0.2, 0.25) is 0 Å². The summed E-state index contributed by atoms with van der Waals surface area (Å²) < 4.78 is 27.0. The van der Waals surface area contributed by atoms with Crippen LogP contribution in [-0.2, 0) is 27.8 Å². The number of hydrogen-bond donors (Lipinski definition) is 1. The van der Waals surface area contributed by atoms with E-state index in [4.69, 9.17) is 0 Å². The molecule has 2 aromatic rings. The third-order valence-electron chi connectivity index (χ3n) is 4.21. The molecule has 0 saturated heterocycles. The molecule has 0 radical (unpaired) electrons. The maximum absolute atomic E-state index is 12.8. The van der Waals surface area contributed by atoms with Crippen molar-refractivity contribution < 1.29 is 18.4 Å². The molecule has 0 fully saturated rings. The number of sulfonamides is 1. The topological polar surface area (TPSA) is 77.9 Å². The monoisotopic (exact) mass is 366 g/mol. The molecule has 1 atom stereocenters. The zero-order valence-electron chi connectivity index (χ0n) is 12.9. The maximum atomic E-state index is 12.8. The van der Waals surface area contributed by atoms with Gasteiger partial charge in [-0.05, 0) is 39.9 Å². The Kier molecular flexibility index (Phi) is 5.00. The number of carbonyl (C=O) groups is 1. The lowest BCUT2D eigenvalue weighted by atomic mass is 10.0. The van der Waals surface area contributed by atoms with Crippen LogP contribution in [0.3, 0.4) is 0 Å². The third-order valence-corrected chi connectivity index (χ3v) is 6.75. The van der Waals surface area contributed by atoms with Gasteiger partial charge < -0.3 is 0 Å². The minimum absolute atomic E-state index is 0.239. The highest BCUT2D eigenvalue weighted by Gasteiger charge is 2.32. The molecule has 0 spiro atoms. The number of benzene rings is 1. The molecule has 0 aliphatic carbocycles. The van der Waals surface area contributed by atoms with Gasteiger partial charge in [-0.1, -0.05) is 24.3 Å². The summed E-state index contributed by atoms with van der Waals surface area (Å²) in [6.07, 6.45) is 0.901. The Morgan fingerprint density at radius 1 is 1.29 bits per heavy atom. The Hall–Kier alpha value is -1.74. The summed E-state index contributed by atoms with van der Waals surface area (Å²) in [5, 5.41) is 13.7. The lowest BCUT2D eigenvalue weighted by molar-refractivity contribution is -0.158. The van der Waals surface area contributed by atoms with Gasteiger partial charge in [0.1, 0.15) is 6.04 Å². The van der Waals surface area contributed by atoms with Crippen molar-refractivity contribution in [2.75, 3.05) is 12.3 Å². The number of rotatable bonds is 6. The van der Waals surface area contributed by atoms with Gasteiger partial charge >= 0.3 is 0 Å². The van der Waals surface area contributed by atoms with Crippen molar-refractivity contribution in [3.8, 4) is 0 Å². The molecule has 1 aliphatic rings. The predicted octanol–water partition coefficient (Wildman–Crippen LogP) is 2.02. The lowest BCUT2D eigenvalue weighted by Crippen LogP contribution is -2.41. The number of nitrogens with zero attached hydrogens (tertiary/aromatic N) is 2. The molecule has 6 nitrogen and oxygen atoms in total. The van der Waals surface area contributed by atoms with Crippen LogP contribution in [-0.4, -0.2) is 41.7 Å². The molecule has 1 aliphatic heterocycles. The minimum atomic E-state index is -3.63. The van der Waals surface area contributed by atoms with Gasteiger partial charge in [0.05, 0.1) is 5.75 Å². The molecule has 24 heavy (non-hydrogen) atoms. The summed E-state index contributed by atoms with van der Waals surface area (Å²) in [6.45, 7) is 0.726. The van der Waals surface area contributed by atoms with Crippen LogP contribution < -0.4 is 0 Å². The van der Waals surface area contributed by atoms with Gasteiger partial charge in [-0.15, -0.1) is 0 Å². The fourth-order valence-electron chi connectivity index (χ4n) is 2.88. The van der Waals surface area contributed by atoms with E-state index in [1.165, 1.54) is 15.6 Å². The normalized spacial score (nSPS) is 16.4. The number of carbonyl (C=O) groups excluding carboxylic acids is 1. The van der Waals surface area contributed by atoms with E-state index < -0.39 is 16.1 Å². The van der Waals surface area contributed by atoms with Crippen molar-refractivity contribution in [3.05, 3.63) is 57.8 Å². The van der Waals surface area contributed by atoms with Crippen molar-refractivity contribution >= 4 is 27.8 Å². The van der Waals surface area contributed by atoms with Gasteiger partial charge in [0.15, 0.2) is 0 Å². The smallest absolute Gasteiger partial charge is 0.233 e. The Bertz CT molecular complexity index is 805. The molecule has 1 N–H and O–H groups in total. The van der Waals surface area contributed by atoms with Crippen LogP contribution in [0.4, 0.5) is 0 Å². The van der Waals surface area contributed by atoms with E-state index in [-0.39, 0.29) is 12.2 Å². The summed E-state index contributed by atoms with van der Waals surface area (Å²) in [4.78, 5) is 10.9. The molecule has 0 bridgehead atoms. The van der Waals surface area contributed by atoms with E-state index in [0.717, 1.165) is 11.1 Å². The summed E-state index contributed by atoms with van der Waals surface area (Å²) in [5.41, 5.74) is 2.77. The minimum Gasteiger partial charge on any atom is -0.285 e. The number of thiophene rings is 1. The van der Waals surface area contributed by atoms with Crippen molar-refractivity contribution in [3.63, 3.8) is 0 Å². The summed E-state index contributed by atoms with van der Waals surface area (Å²) >= 11 is 1.39. The summed E-state index contributed by atoms with van der Waals surface area (Å²) in [7, 11) is -3.63. The molecule has 1 aromatic heterocycles. The van der Waals surface area contributed by atoms with Crippen molar-refractivity contribution in [2.24, 2.45) is 0 Å². The van der Waals surface area contributed by atoms with E-state index in [1.807, 2.05) is 24.3 Å². The van der Waals surface area contributed by atoms with Gasteiger partial charge in [0.25, 0.3) is 0 Å². The highest BCUT2D eigenvalue weighted by Crippen LogP contribution is 2.27. The third kappa shape index (κ3) is 3.51. The van der Waals surface area contributed by atoms with Crippen molar-refractivity contribution in [1.29, 1.82) is 0 Å². The molecule has 2 heterocycles. The Morgan fingerprint density at radius 3 is 2.71 bits per heavy atom. The second kappa shape index (κ2) is 7.02. The lowest BCUT2D eigenvalue weighted by Gasteiger charge is -2.30. The number of amides is 1. The quantitative estimate of drug-likeness (QED) is 0.482. The average Bonchev–Trinajstić information content (AvgIpc) is 3.13. The Labute approximate surface area is 145 Å². The van der Waals surface area contributed by atoms with Crippen molar-refractivity contribution in [1.82, 2.24) is 9.37 Å².